The van der Waals surface area contributed by atoms with Gasteiger partial charge in [0.15, 0.2) is 17.2 Å². The van der Waals surface area contributed by atoms with E-state index in [0.717, 1.165) is 28.0 Å². The molecule has 2 aliphatic heterocycles. The second kappa shape index (κ2) is 13.0. The number of fused-ring (bicyclic) bond motifs is 4. The molecule has 15 nitrogen and oxygen atoms in total. The topological polar surface area (TPSA) is 194 Å². The summed E-state index contributed by atoms with van der Waals surface area (Å²) in [6.45, 7) is 1.64. The molecule has 2 saturated heterocycles. The van der Waals surface area contributed by atoms with Crippen molar-refractivity contribution in [1.82, 2.24) is 0 Å². The number of imide groups is 2. The van der Waals surface area contributed by atoms with Gasteiger partial charge in [0, 0.05) is 32.1 Å². The molecule has 4 aliphatic rings. The van der Waals surface area contributed by atoms with Crippen LogP contribution in [0, 0.1) is 58.7 Å². The predicted octanol–water partition coefficient (Wildman–Crippen LogP) is 6.12. The lowest BCUT2D eigenvalue weighted by Crippen LogP contribution is -2.49. The molecule has 2 aliphatic carbocycles. The number of hydrogen-bond acceptors (Lipinski definition) is 11. The predicted molar refractivity (Wildman–Crippen MR) is 200 cm³/mol. The lowest BCUT2D eigenvalue weighted by Gasteiger charge is -2.49. The summed E-state index contributed by atoms with van der Waals surface area (Å²) in [4.78, 5) is 83.3. The summed E-state index contributed by atoms with van der Waals surface area (Å²) in [5, 5.41) is 34.7. The van der Waals surface area contributed by atoms with Gasteiger partial charge in [-0.2, -0.15) is 0 Å². The van der Waals surface area contributed by atoms with E-state index in [-0.39, 0.29) is 46.4 Å². The number of nitro groups is 2. The first kappa shape index (κ1) is 37.2. The van der Waals surface area contributed by atoms with E-state index in [4.69, 9.17) is 16.3 Å². The van der Waals surface area contributed by atoms with E-state index in [1.165, 1.54) is 38.2 Å². The van der Waals surface area contributed by atoms with Crippen molar-refractivity contribution in [1.29, 1.82) is 0 Å². The van der Waals surface area contributed by atoms with Crippen LogP contribution in [0.3, 0.4) is 0 Å². The number of phenols is 1. The van der Waals surface area contributed by atoms with Crippen molar-refractivity contribution in [2.24, 2.45) is 29.1 Å². The molecule has 280 valence electrons. The molecule has 6 atom stereocenters. The summed E-state index contributed by atoms with van der Waals surface area (Å²) in [5.41, 5.74) is -2.41. The Morgan fingerprint density at radius 3 is 2.19 bits per heavy atom. The summed E-state index contributed by atoms with van der Waals surface area (Å²) in [5.74, 6) is -8.42. The molecule has 6 unspecified atom stereocenters. The molecule has 2 heterocycles. The maximum absolute atomic E-state index is 14.7. The number of nitrogens with zero attached hydrogens (tertiary/aromatic N) is 5. The number of allylic oxidation sites excluding steroid dienone is 2. The number of carbonyl (C=O) groups is 4. The molecule has 54 heavy (non-hydrogen) atoms. The van der Waals surface area contributed by atoms with Gasteiger partial charge in [0.1, 0.15) is 5.82 Å². The highest BCUT2D eigenvalue weighted by atomic mass is 127. The molecular weight excluding hydrogens is 844 g/mol. The number of carbonyl (C=O) groups excluding carboxylic acids is 4. The van der Waals surface area contributed by atoms with Gasteiger partial charge in [0.2, 0.25) is 23.6 Å². The Morgan fingerprint density at radius 2 is 1.61 bits per heavy atom. The lowest BCUT2D eigenvalue weighted by molar-refractivity contribution is -0.392. The third kappa shape index (κ3) is 5.25. The Bertz CT molecular complexity index is 2250. The second-order valence-electron chi connectivity index (χ2n) is 14.1. The summed E-state index contributed by atoms with van der Waals surface area (Å²) in [7, 11) is 4.14. The minimum atomic E-state index is -1.49. The largest absolute Gasteiger partial charge is 0.504 e. The fourth-order valence-corrected chi connectivity index (χ4v) is 9.69. The number of methoxy groups -OCH3 is 1. The standard InChI is InChI=1S/C36H30ClFIN5O10/c1-36-21(33(47)42(35(36)49)16-5-8-23(38)22(37)11-16)14-20-18(29(36)15-9-24(39)31(45)27(10-15)54-4)6-7-19-28(20)34(48)41(32(19)46)17-12-25(43(50)51)30(40(2)3)26(13-17)44(52)53/h5-6,8-13,19-21,28-29,45H,7,14H2,1-4H3. The Hall–Kier alpha value is -5.17. The van der Waals surface area contributed by atoms with Crippen LogP contribution in [-0.2, 0) is 19.2 Å². The van der Waals surface area contributed by atoms with Gasteiger partial charge in [0.25, 0.3) is 0 Å². The van der Waals surface area contributed by atoms with E-state index in [0.29, 0.717) is 14.7 Å². The van der Waals surface area contributed by atoms with E-state index >= 15 is 0 Å². The minimum absolute atomic E-state index is 0.0144. The lowest BCUT2D eigenvalue weighted by atomic mass is 9.51. The molecule has 3 aromatic rings. The van der Waals surface area contributed by atoms with E-state index < -0.39 is 85.7 Å². The average Bonchev–Trinajstić information content (AvgIpc) is 3.49. The third-order valence-electron chi connectivity index (χ3n) is 11.2. The maximum atomic E-state index is 14.7. The molecule has 0 bridgehead atoms. The molecule has 7 rings (SSSR count). The van der Waals surface area contributed by atoms with Gasteiger partial charge in [-0.3, -0.25) is 39.4 Å². The van der Waals surface area contributed by atoms with Crippen LogP contribution in [0.1, 0.15) is 31.2 Å². The fourth-order valence-electron chi connectivity index (χ4n) is 8.89. The van der Waals surface area contributed by atoms with Crippen molar-refractivity contribution in [3.05, 3.63) is 94.3 Å². The minimum Gasteiger partial charge on any atom is -0.504 e. The first-order valence-corrected chi connectivity index (χ1v) is 18.0. The number of benzene rings is 3. The summed E-state index contributed by atoms with van der Waals surface area (Å²) < 4.78 is 20.0. The molecule has 4 amide bonds. The number of nitro benzene ring substituents is 2. The van der Waals surface area contributed by atoms with Gasteiger partial charge >= 0.3 is 11.4 Å². The molecule has 0 radical (unpaired) electrons. The fraction of sp³-hybridized carbons (Fsp3) is 0.333. The van der Waals surface area contributed by atoms with Crippen molar-refractivity contribution in [3.63, 3.8) is 0 Å². The van der Waals surface area contributed by atoms with Crippen molar-refractivity contribution >= 4 is 86.3 Å². The van der Waals surface area contributed by atoms with Crippen LogP contribution in [0.15, 0.2) is 54.1 Å². The van der Waals surface area contributed by atoms with Crippen LogP contribution in [0.5, 0.6) is 11.5 Å². The zero-order chi connectivity index (χ0) is 39.3. The highest BCUT2D eigenvalue weighted by Crippen LogP contribution is 2.64. The molecule has 3 aromatic carbocycles. The van der Waals surface area contributed by atoms with Crippen molar-refractivity contribution in [2.75, 3.05) is 35.9 Å². The van der Waals surface area contributed by atoms with Crippen LogP contribution < -0.4 is 19.4 Å². The van der Waals surface area contributed by atoms with Crippen LogP contribution in [0.25, 0.3) is 0 Å². The smallest absolute Gasteiger partial charge is 0.301 e. The van der Waals surface area contributed by atoms with Crippen molar-refractivity contribution in [2.45, 2.75) is 25.7 Å². The van der Waals surface area contributed by atoms with Crippen molar-refractivity contribution in [3.8, 4) is 11.5 Å². The quantitative estimate of drug-likeness (QED) is 0.0946. The van der Waals surface area contributed by atoms with Crippen LogP contribution in [0.2, 0.25) is 5.02 Å². The zero-order valence-corrected chi connectivity index (χ0v) is 31.8. The Balaban J connectivity index is 1.39. The third-order valence-corrected chi connectivity index (χ3v) is 12.3. The molecular formula is C36H30ClFIN5O10. The monoisotopic (exact) mass is 873 g/mol. The van der Waals surface area contributed by atoms with E-state index in [1.54, 1.807) is 25.1 Å². The van der Waals surface area contributed by atoms with Gasteiger partial charge < -0.3 is 14.7 Å². The number of rotatable bonds is 7. The van der Waals surface area contributed by atoms with Crippen molar-refractivity contribution < 1.29 is 43.3 Å². The van der Waals surface area contributed by atoms with E-state index in [2.05, 4.69) is 0 Å². The summed E-state index contributed by atoms with van der Waals surface area (Å²) >= 11 is 7.99. The van der Waals surface area contributed by atoms with Gasteiger partial charge in [-0.25, -0.2) is 14.2 Å². The molecule has 0 aromatic heterocycles. The highest BCUT2D eigenvalue weighted by Gasteiger charge is 2.68. The van der Waals surface area contributed by atoms with Gasteiger partial charge in [-0.1, -0.05) is 23.3 Å². The number of amides is 4. The summed E-state index contributed by atoms with van der Waals surface area (Å²) in [6.07, 6.45) is 1.73. The average molecular weight is 874 g/mol. The van der Waals surface area contributed by atoms with Gasteiger partial charge in [-0.05, 0) is 84.2 Å². The first-order chi connectivity index (χ1) is 25.4. The highest BCUT2D eigenvalue weighted by molar-refractivity contribution is 14.1. The molecule has 3 fully saturated rings. The zero-order valence-electron chi connectivity index (χ0n) is 28.9. The Kier molecular flexibility index (Phi) is 8.94. The Labute approximate surface area is 324 Å². The first-order valence-electron chi connectivity index (χ1n) is 16.6. The van der Waals surface area contributed by atoms with Crippen LogP contribution in [-0.4, -0.2) is 59.8 Å². The normalized spacial score (nSPS) is 26.0. The number of anilines is 3. The maximum Gasteiger partial charge on any atom is 0.301 e. The molecule has 18 heteroatoms. The number of phenolic OH excluding ortho intramolecular Hbond substituents is 1. The molecule has 0 spiro atoms. The number of aromatic hydroxyl groups is 1. The second-order valence-corrected chi connectivity index (χ2v) is 15.6. The van der Waals surface area contributed by atoms with Crippen LogP contribution >= 0.6 is 34.2 Å². The van der Waals surface area contributed by atoms with Gasteiger partial charge in [-0.15, -0.1) is 0 Å². The van der Waals surface area contributed by atoms with Gasteiger partial charge in [0.05, 0.1) is 60.1 Å². The number of ether oxygens (including phenoxy) is 1. The number of hydrogen-bond donors (Lipinski definition) is 1. The molecule has 1 saturated carbocycles. The summed E-state index contributed by atoms with van der Waals surface area (Å²) in [6, 6.07) is 8.59. The molecule has 1 N–H and O–H groups in total. The van der Waals surface area contributed by atoms with E-state index in [9.17, 15) is 48.9 Å². The Morgan fingerprint density at radius 1 is 0.963 bits per heavy atom. The number of halogens is 3. The van der Waals surface area contributed by atoms with Crippen LogP contribution in [0.4, 0.5) is 32.8 Å². The van der Waals surface area contributed by atoms with E-state index in [1.807, 2.05) is 22.6 Å². The SMILES string of the molecule is COc1cc(C2C3=CCC4C(=O)N(c5cc([N+](=O)[O-])c(N(C)C)c([N+](=O)[O-])c5)C(=O)C4C3CC3C(=O)N(c4ccc(F)c(Cl)c4)C(=O)C32C)cc(I)c1O.